The summed E-state index contributed by atoms with van der Waals surface area (Å²) in [5.74, 6) is -2.45. The molecule has 0 aliphatic heterocycles. The van der Waals surface area contributed by atoms with Crippen LogP contribution in [-0.4, -0.2) is 22.1 Å². The first-order valence-electron chi connectivity index (χ1n) is 6.37. The van der Waals surface area contributed by atoms with Gasteiger partial charge in [-0.05, 0) is 34.1 Å². The van der Waals surface area contributed by atoms with E-state index in [0.29, 0.717) is 20.9 Å². The predicted molar refractivity (Wildman–Crippen MR) is 80.9 cm³/mol. The van der Waals surface area contributed by atoms with Crippen LogP contribution in [-0.2, 0) is 4.79 Å². The monoisotopic (exact) mass is 384 g/mol. The highest BCUT2D eigenvalue weighted by atomic mass is 79.9. The molecule has 1 aromatic carbocycles. The fraction of sp³-hybridized carbons (Fsp3) is 0.0667. The molecule has 1 N–H and O–H groups in total. The minimum Gasteiger partial charge on any atom is -0.417 e. The number of carbonyl (C=O) groups is 1. The van der Waals surface area contributed by atoms with Crippen molar-refractivity contribution in [3.8, 4) is 17.0 Å². The molecule has 0 radical (unpaired) electrons. The summed E-state index contributed by atoms with van der Waals surface area (Å²) in [6.07, 6.45) is -2.08. The first kappa shape index (κ1) is 15.5. The summed E-state index contributed by atoms with van der Waals surface area (Å²) in [6, 6.07) is 8.26. The van der Waals surface area contributed by atoms with Crippen molar-refractivity contribution in [2.75, 3.05) is 0 Å². The van der Waals surface area contributed by atoms with Gasteiger partial charge in [0.05, 0.1) is 5.69 Å². The summed E-state index contributed by atoms with van der Waals surface area (Å²) >= 11 is 3.25. The Balaban J connectivity index is 2.17. The topological polar surface area (TPSA) is 55.0 Å². The molecular formula is C15H8BrF3N2O2. The minimum atomic E-state index is -5.08. The third kappa shape index (κ3) is 3.07. The number of benzene rings is 1. The molecule has 0 fully saturated rings. The number of alkyl halides is 3. The molecule has 0 aliphatic carbocycles. The predicted octanol–water partition coefficient (Wildman–Crippen LogP) is 4.46. The highest BCUT2D eigenvalue weighted by molar-refractivity contribution is 9.10. The van der Waals surface area contributed by atoms with Gasteiger partial charge < -0.3 is 9.72 Å². The van der Waals surface area contributed by atoms with Crippen molar-refractivity contribution in [3.63, 3.8) is 0 Å². The second-order valence-corrected chi connectivity index (χ2v) is 5.57. The first-order chi connectivity index (χ1) is 10.9. The van der Waals surface area contributed by atoms with E-state index in [4.69, 9.17) is 0 Å². The van der Waals surface area contributed by atoms with Gasteiger partial charge in [0.25, 0.3) is 0 Å². The number of nitrogens with one attached hydrogen (secondary N) is 1. The molecule has 8 heteroatoms. The summed E-state index contributed by atoms with van der Waals surface area (Å²) in [6.45, 7) is 0. The zero-order valence-corrected chi connectivity index (χ0v) is 12.9. The number of ether oxygens (including phenoxy) is 1. The number of pyridine rings is 1. The average Bonchev–Trinajstić information content (AvgIpc) is 2.85. The van der Waals surface area contributed by atoms with Crippen LogP contribution in [0.3, 0.4) is 0 Å². The molecule has 4 nitrogen and oxygen atoms in total. The number of para-hydroxylation sites is 1. The standard InChI is InChI=1S/C15H8BrF3N2O2/c16-9-5-8(6-20-7-9)12-13(23-14(22)15(17,18)19)10-3-1-2-4-11(10)21-12/h1-7,21H. The van der Waals surface area contributed by atoms with E-state index in [1.807, 2.05) is 0 Å². The number of fused-ring (bicyclic) bond motifs is 1. The number of aromatic nitrogens is 2. The van der Waals surface area contributed by atoms with Gasteiger partial charge in [0.2, 0.25) is 0 Å². The van der Waals surface area contributed by atoms with Crippen LogP contribution in [0.5, 0.6) is 5.75 Å². The molecule has 118 valence electrons. The molecule has 23 heavy (non-hydrogen) atoms. The molecular weight excluding hydrogens is 377 g/mol. The van der Waals surface area contributed by atoms with Gasteiger partial charge >= 0.3 is 12.1 Å². The highest BCUT2D eigenvalue weighted by Crippen LogP contribution is 2.38. The Morgan fingerprint density at radius 2 is 1.96 bits per heavy atom. The van der Waals surface area contributed by atoms with Gasteiger partial charge in [0, 0.05) is 33.3 Å². The van der Waals surface area contributed by atoms with Gasteiger partial charge in [-0.25, -0.2) is 4.79 Å². The third-order valence-electron chi connectivity index (χ3n) is 3.08. The minimum absolute atomic E-state index is 0.178. The molecule has 0 bridgehead atoms. The van der Waals surface area contributed by atoms with Crippen LogP contribution in [0.2, 0.25) is 0 Å². The fourth-order valence-electron chi connectivity index (χ4n) is 2.12. The maximum atomic E-state index is 12.5. The molecule has 3 aromatic rings. The van der Waals surface area contributed by atoms with Gasteiger partial charge in [0.1, 0.15) is 0 Å². The van der Waals surface area contributed by atoms with E-state index < -0.39 is 12.1 Å². The molecule has 0 saturated heterocycles. The molecule has 0 atom stereocenters. The number of carbonyl (C=O) groups excluding carboxylic acids is 1. The Kier molecular flexibility index (Phi) is 3.85. The average molecular weight is 385 g/mol. The van der Waals surface area contributed by atoms with E-state index in [1.54, 1.807) is 30.3 Å². The van der Waals surface area contributed by atoms with Crippen molar-refractivity contribution in [3.05, 3.63) is 47.2 Å². The van der Waals surface area contributed by atoms with Crippen LogP contribution in [0.15, 0.2) is 47.2 Å². The molecule has 0 amide bonds. The van der Waals surface area contributed by atoms with Crippen LogP contribution in [0.4, 0.5) is 13.2 Å². The zero-order valence-electron chi connectivity index (χ0n) is 11.3. The van der Waals surface area contributed by atoms with Crippen molar-refractivity contribution in [1.29, 1.82) is 0 Å². The van der Waals surface area contributed by atoms with Crippen LogP contribution in [0.1, 0.15) is 0 Å². The van der Waals surface area contributed by atoms with Crippen molar-refractivity contribution in [2.24, 2.45) is 0 Å². The lowest BCUT2D eigenvalue weighted by atomic mass is 10.1. The van der Waals surface area contributed by atoms with Crippen LogP contribution >= 0.6 is 15.9 Å². The lowest BCUT2D eigenvalue weighted by Gasteiger charge is -2.08. The van der Waals surface area contributed by atoms with Gasteiger partial charge in [-0.3, -0.25) is 4.98 Å². The van der Waals surface area contributed by atoms with Gasteiger partial charge in [-0.1, -0.05) is 12.1 Å². The molecule has 0 saturated carbocycles. The van der Waals surface area contributed by atoms with E-state index in [2.05, 4.69) is 30.6 Å². The number of nitrogens with zero attached hydrogens (tertiary/aromatic N) is 1. The number of hydrogen-bond acceptors (Lipinski definition) is 3. The zero-order chi connectivity index (χ0) is 16.6. The number of rotatable bonds is 2. The molecule has 3 rings (SSSR count). The Morgan fingerprint density at radius 3 is 2.65 bits per heavy atom. The van der Waals surface area contributed by atoms with E-state index in [-0.39, 0.29) is 11.4 Å². The molecule has 0 aliphatic rings. The number of aromatic amines is 1. The SMILES string of the molecule is O=C(Oc1c(-c2cncc(Br)c2)[nH]c2ccccc12)C(F)(F)F. The van der Waals surface area contributed by atoms with Crippen LogP contribution < -0.4 is 4.74 Å². The summed E-state index contributed by atoms with van der Waals surface area (Å²) in [7, 11) is 0. The normalized spacial score (nSPS) is 11.7. The maximum absolute atomic E-state index is 12.5. The van der Waals surface area contributed by atoms with E-state index >= 15 is 0 Å². The highest BCUT2D eigenvalue weighted by Gasteiger charge is 2.42. The smallest absolute Gasteiger partial charge is 0.417 e. The number of hydrogen-bond donors (Lipinski definition) is 1. The van der Waals surface area contributed by atoms with Crippen molar-refractivity contribution in [2.45, 2.75) is 6.18 Å². The maximum Gasteiger partial charge on any atom is 0.491 e. The quantitative estimate of drug-likeness (QED) is 0.663. The van der Waals surface area contributed by atoms with Crippen molar-refractivity contribution in [1.82, 2.24) is 9.97 Å². The van der Waals surface area contributed by atoms with Crippen LogP contribution in [0.25, 0.3) is 22.2 Å². The molecule has 2 aromatic heterocycles. The van der Waals surface area contributed by atoms with E-state index in [0.717, 1.165) is 0 Å². The summed E-state index contributed by atoms with van der Waals surface area (Å²) < 4.78 is 42.9. The van der Waals surface area contributed by atoms with Gasteiger partial charge in [-0.2, -0.15) is 13.2 Å². The molecule has 0 spiro atoms. The Labute approximate surface area is 136 Å². The van der Waals surface area contributed by atoms with Crippen LogP contribution in [0, 0.1) is 0 Å². The summed E-state index contributed by atoms with van der Waals surface area (Å²) in [5, 5.41) is 0.375. The second kappa shape index (κ2) is 5.69. The largest absolute Gasteiger partial charge is 0.491 e. The Morgan fingerprint density at radius 1 is 1.22 bits per heavy atom. The lowest BCUT2D eigenvalue weighted by Crippen LogP contribution is -2.28. The van der Waals surface area contributed by atoms with Crippen molar-refractivity contribution < 1.29 is 22.7 Å². The lowest BCUT2D eigenvalue weighted by molar-refractivity contribution is -0.189. The Bertz CT molecular complexity index is 890. The van der Waals surface area contributed by atoms with Gasteiger partial charge in [-0.15, -0.1) is 0 Å². The van der Waals surface area contributed by atoms with E-state index in [1.165, 1.54) is 12.4 Å². The Hall–Kier alpha value is -2.35. The third-order valence-corrected chi connectivity index (χ3v) is 3.51. The van der Waals surface area contributed by atoms with Gasteiger partial charge in [0.15, 0.2) is 5.75 Å². The van der Waals surface area contributed by atoms with E-state index in [9.17, 15) is 18.0 Å². The first-order valence-corrected chi connectivity index (χ1v) is 7.16. The van der Waals surface area contributed by atoms with Crippen molar-refractivity contribution >= 4 is 32.8 Å². The molecule has 0 unspecified atom stereocenters. The number of H-pyrrole nitrogens is 1. The second-order valence-electron chi connectivity index (χ2n) is 4.65. The number of esters is 1. The summed E-state index contributed by atoms with van der Waals surface area (Å²) in [5.41, 5.74) is 1.28. The summed E-state index contributed by atoms with van der Waals surface area (Å²) in [4.78, 5) is 18.2. The molecule has 2 heterocycles. The number of halogens is 4. The fourth-order valence-corrected chi connectivity index (χ4v) is 2.49.